The lowest BCUT2D eigenvalue weighted by atomic mass is 9.32. The van der Waals surface area contributed by atoms with Crippen LogP contribution in [0, 0.1) is 0 Å². The van der Waals surface area contributed by atoms with Gasteiger partial charge in [-0.1, -0.05) is 285 Å². The number of benzene rings is 15. The molecule has 4 heteroatoms. The van der Waals surface area contributed by atoms with Gasteiger partial charge in [-0.3, -0.25) is 0 Å². The van der Waals surface area contributed by atoms with Crippen molar-refractivity contribution in [3.63, 3.8) is 0 Å². The zero-order valence-corrected chi connectivity index (χ0v) is 52.3. The Morgan fingerprint density at radius 2 is 0.625 bits per heavy atom. The van der Waals surface area contributed by atoms with Crippen molar-refractivity contribution in [1.82, 2.24) is 4.57 Å². The second-order valence-corrected chi connectivity index (χ2v) is 26.8. The molecule has 16 aromatic rings. The van der Waals surface area contributed by atoms with Gasteiger partial charge in [-0.15, -0.1) is 0 Å². The van der Waals surface area contributed by atoms with Crippen molar-refractivity contribution < 1.29 is 0 Å². The predicted molar refractivity (Wildman–Crippen MR) is 398 cm³/mol. The van der Waals surface area contributed by atoms with Crippen LogP contribution in [0.25, 0.3) is 94.3 Å². The number of para-hydroxylation sites is 2. The highest BCUT2D eigenvalue weighted by Crippen LogP contribution is 2.67. The van der Waals surface area contributed by atoms with E-state index in [0.29, 0.717) is 0 Å². The van der Waals surface area contributed by atoms with Gasteiger partial charge in [-0.05, 0) is 177 Å². The van der Waals surface area contributed by atoms with Gasteiger partial charge in [0.05, 0.1) is 33.2 Å². The van der Waals surface area contributed by atoms with E-state index < -0.39 is 10.8 Å². The summed E-state index contributed by atoms with van der Waals surface area (Å²) in [5, 5.41) is 2.45. The molecular weight excluding hydrogens is 1160 g/mol. The summed E-state index contributed by atoms with van der Waals surface area (Å²) < 4.78 is 2.55. The van der Waals surface area contributed by atoms with Crippen molar-refractivity contribution in [1.29, 1.82) is 0 Å². The van der Waals surface area contributed by atoms with Gasteiger partial charge in [0.25, 0.3) is 6.71 Å². The van der Waals surface area contributed by atoms with Gasteiger partial charge in [0.1, 0.15) is 0 Å². The molecule has 3 heterocycles. The number of hydrogen-bond acceptors (Lipinski definition) is 2. The van der Waals surface area contributed by atoms with Crippen LogP contribution in [-0.4, -0.2) is 11.3 Å². The first-order valence-corrected chi connectivity index (χ1v) is 33.7. The van der Waals surface area contributed by atoms with E-state index in [2.05, 4.69) is 354 Å². The second kappa shape index (κ2) is 19.2. The third-order valence-corrected chi connectivity index (χ3v) is 22.6. The molecule has 96 heavy (non-hydrogen) atoms. The van der Waals surface area contributed by atoms with Crippen LogP contribution >= 0.6 is 0 Å². The Morgan fingerprint density at radius 3 is 1.16 bits per heavy atom. The summed E-state index contributed by atoms with van der Waals surface area (Å²) in [4.78, 5) is 5.41. The van der Waals surface area contributed by atoms with Crippen LogP contribution in [0.2, 0.25) is 0 Å². The molecule has 3 nitrogen and oxygen atoms in total. The standard InChI is InChI=1S/C92H56BN3/c1-3-24-57(25-4-1)59-46-49-61(50-47-59)94-84-53-51-72-68-33-12-20-42-78(68)92(75-39-17-9-30-65(75)66-31-10-18-40-76(66)92)88(72)90(84)93-79-54-60(58-26-5-2-6-27-58)48-52-82(79)96(86-56-62(55-85(94)89(86)93)95-80-43-21-13-34-69(80)70-35-14-22-44-81(70)95)83-45-23-36-71-67-32-11-19-41-77(67)91(87(71)83)73-37-15-7-28-63(73)64-29-8-16-38-74(64)91/h1-56H. The van der Waals surface area contributed by atoms with Crippen LogP contribution in [0.5, 0.6) is 0 Å². The smallest absolute Gasteiger partial charge is 0.252 e. The Labute approximate surface area is 557 Å². The van der Waals surface area contributed by atoms with Crippen LogP contribution in [0.4, 0.5) is 34.1 Å². The number of hydrogen-bond donors (Lipinski definition) is 0. The molecule has 0 N–H and O–H groups in total. The van der Waals surface area contributed by atoms with Crippen molar-refractivity contribution in [2.75, 3.05) is 9.80 Å². The molecule has 0 fully saturated rings. The summed E-state index contributed by atoms with van der Waals surface area (Å²) in [5.41, 5.74) is 38.4. The average molecular weight is 1210 g/mol. The third kappa shape index (κ3) is 6.53. The number of aromatic nitrogens is 1. The van der Waals surface area contributed by atoms with Gasteiger partial charge in [0, 0.05) is 44.8 Å². The monoisotopic (exact) mass is 1210 g/mol. The minimum absolute atomic E-state index is 0.274. The normalized spacial score (nSPS) is 14.4. The first-order valence-electron chi connectivity index (χ1n) is 33.7. The molecule has 2 spiro atoms. The summed E-state index contributed by atoms with van der Waals surface area (Å²) in [5.74, 6) is 0. The van der Waals surface area contributed by atoms with E-state index in [0.717, 1.165) is 45.2 Å². The van der Waals surface area contributed by atoms with E-state index in [1.165, 1.54) is 144 Å². The maximum absolute atomic E-state index is 2.74. The zero-order valence-electron chi connectivity index (χ0n) is 52.3. The van der Waals surface area contributed by atoms with Crippen molar-refractivity contribution in [3.8, 4) is 72.4 Å². The minimum Gasteiger partial charge on any atom is -0.311 e. The molecule has 1 aromatic heterocycles. The Morgan fingerprint density at radius 1 is 0.229 bits per heavy atom. The fraction of sp³-hybridized carbons (Fsp3) is 0.0217. The van der Waals surface area contributed by atoms with Gasteiger partial charge in [-0.25, -0.2) is 0 Å². The summed E-state index contributed by atoms with van der Waals surface area (Å²) in [6.07, 6.45) is 0. The molecular formula is C92H56BN3. The van der Waals surface area contributed by atoms with Gasteiger partial charge in [0.15, 0.2) is 0 Å². The van der Waals surface area contributed by atoms with Crippen molar-refractivity contribution >= 4 is 79.0 Å². The molecule has 0 radical (unpaired) electrons. The van der Waals surface area contributed by atoms with E-state index in [-0.39, 0.29) is 6.71 Å². The molecule has 0 unspecified atom stereocenters. The van der Waals surface area contributed by atoms with Crippen LogP contribution < -0.4 is 26.2 Å². The lowest BCUT2D eigenvalue weighted by Crippen LogP contribution is -2.63. The summed E-state index contributed by atoms with van der Waals surface area (Å²) in [6, 6.07) is 130. The van der Waals surface area contributed by atoms with Crippen molar-refractivity contribution in [2.45, 2.75) is 10.8 Å². The Balaban J connectivity index is 0.931. The molecule has 6 aliphatic rings. The van der Waals surface area contributed by atoms with Crippen LogP contribution in [0.15, 0.2) is 340 Å². The van der Waals surface area contributed by atoms with E-state index >= 15 is 0 Å². The molecule has 0 saturated carbocycles. The quantitative estimate of drug-likeness (QED) is 0.159. The van der Waals surface area contributed by atoms with E-state index in [9.17, 15) is 0 Å². The topological polar surface area (TPSA) is 11.4 Å². The Bertz CT molecular complexity index is 5880. The number of nitrogens with zero attached hydrogens (tertiary/aromatic N) is 3. The fourth-order valence-corrected chi connectivity index (χ4v) is 19.1. The van der Waals surface area contributed by atoms with Crippen molar-refractivity contribution in [2.24, 2.45) is 0 Å². The van der Waals surface area contributed by atoms with Gasteiger partial charge < -0.3 is 14.4 Å². The maximum atomic E-state index is 2.74. The zero-order chi connectivity index (χ0) is 62.5. The summed E-state index contributed by atoms with van der Waals surface area (Å²) in [6.45, 7) is -0.274. The minimum atomic E-state index is -0.663. The lowest BCUT2D eigenvalue weighted by Gasteiger charge is -2.47. The van der Waals surface area contributed by atoms with Crippen LogP contribution in [-0.2, 0) is 10.8 Å². The number of rotatable bonds is 5. The largest absolute Gasteiger partial charge is 0.311 e. The first kappa shape index (κ1) is 52.3. The van der Waals surface area contributed by atoms with Crippen LogP contribution in [0.1, 0.15) is 44.5 Å². The van der Waals surface area contributed by atoms with Crippen LogP contribution in [0.3, 0.4) is 0 Å². The van der Waals surface area contributed by atoms with E-state index in [1.54, 1.807) is 0 Å². The van der Waals surface area contributed by atoms with Gasteiger partial charge in [0.2, 0.25) is 0 Å². The van der Waals surface area contributed by atoms with E-state index in [4.69, 9.17) is 0 Å². The maximum Gasteiger partial charge on any atom is 0.252 e. The van der Waals surface area contributed by atoms with Crippen molar-refractivity contribution in [3.05, 3.63) is 384 Å². The molecule has 0 saturated heterocycles. The molecule has 442 valence electrons. The van der Waals surface area contributed by atoms with E-state index in [1.807, 2.05) is 0 Å². The number of fused-ring (bicyclic) bond motifs is 28. The summed E-state index contributed by atoms with van der Waals surface area (Å²) in [7, 11) is 0. The molecule has 0 bridgehead atoms. The lowest BCUT2D eigenvalue weighted by molar-refractivity contribution is 0.793. The highest BCUT2D eigenvalue weighted by molar-refractivity contribution is 7.01. The molecule has 0 atom stereocenters. The average Bonchev–Trinajstić information content (AvgIpc) is 1.44. The number of anilines is 6. The molecule has 22 rings (SSSR count). The molecule has 15 aromatic carbocycles. The Kier molecular flexibility index (Phi) is 10.5. The first-order chi connectivity index (χ1) is 47.7. The predicted octanol–water partition coefficient (Wildman–Crippen LogP) is 20.9. The fourth-order valence-electron chi connectivity index (χ4n) is 19.1. The highest BCUT2D eigenvalue weighted by Gasteiger charge is 2.58. The molecule has 4 aliphatic carbocycles. The summed E-state index contributed by atoms with van der Waals surface area (Å²) >= 11 is 0. The highest BCUT2D eigenvalue weighted by atomic mass is 15.2. The van der Waals surface area contributed by atoms with Gasteiger partial charge >= 0.3 is 0 Å². The van der Waals surface area contributed by atoms with Gasteiger partial charge in [-0.2, -0.15) is 0 Å². The third-order valence-electron chi connectivity index (χ3n) is 22.6. The SMILES string of the molecule is c1ccc(-c2ccc(N3c4cc(-n5c6ccccc6c6ccccc65)cc5c4B(c4cc(-c6ccccc6)ccc4N5c4cccc5c4C4(c6ccccc6-c6ccccc64)c4ccccc4-5)c4c3ccc3c4C4(c5ccccc5-c5ccccc54)c4ccccc4-3)cc2)cc1. The molecule has 0 amide bonds. The second-order valence-electron chi connectivity index (χ2n) is 26.8. The Hall–Kier alpha value is -12.2. The molecule has 2 aliphatic heterocycles.